The van der Waals surface area contributed by atoms with Crippen LogP contribution >= 0.6 is 23.2 Å². The molecule has 7 nitrogen and oxygen atoms in total. The number of halogens is 8. The van der Waals surface area contributed by atoms with E-state index in [9.17, 15) is 35.9 Å². The van der Waals surface area contributed by atoms with E-state index in [0.29, 0.717) is 61.2 Å². The molecule has 0 radical (unpaired) electrons. The quantitative estimate of drug-likeness (QED) is 0.318. The molecule has 2 amide bonds. The van der Waals surface area contributed by atoms with Crippen molar-refractivity contribution >= 4 is 35.0 Å². The van der Waals surface area contributed by atoms with Gasteiger partial charge in [0.1, 0.15) is 0 Å². The van der Waals surface area contributed by atoms with Gasteiger partial charge < -0.3 is 14.5 Å². The molecular formula is C34H38Cl2F6N4O3. The molecule has 4 aliphatic rings. The Labute approximate surface area is 291 Å². The second kappa shape index (κ2) is 14.6. The maximum absolute atomic E-state index is 13.8. The summed E-state index contributed by atoms with van der Waals surface area (Å²) < 4.78 is 87.2. The fourth-order valence-electron chi connectivity index (χ4n) is 7.70. The van der Waals surface area contributed by atoms with E-state index >= 15 is 0 Å². The van der Waals surface area contributed by atoms with Crippen molar-refractivity contribution < 1.29 is 40.7 Å². The lowest BCUT2D eigenvalue weighted by molar-refractivity contribution is -0.143. The summed E-state index contributed by atoms with van der Waals surface area (Å²) in [6.45, 7) is 5.86. The number of rotatable bonds is 6. The summed E-state index contributed by atoms with van der Waals surface area (Å²) >= 11 is 12.4. The molecule has 4 heterocycles. The number of alkyl halides is 6. The van der Waals surface area contributed by atoms with Crippen molar-refractivity contribution in [3.8, 4) is 0 Å². The lowest BCUT2D eigenvalue weighted by Gasteiger charge is -2.47. The van der Waals surface area contributed by atoms with E-state index in [1.807, 2.05) is 4.90 Å². The number of hydrogen-bond acceptors (Lipinski definition) is 5. The molecule has 4 aliphatic heterocycles. The Kier molecular flexibility index (Phi) is 10.8. The molecule has 0 spiro atoms. The number of amides is 2. The molecule has 0 aromatic heterocycles. The summed E-state index contributed by atoms with van der Waals surface area (Å²) in [7, 11) is 0. The molecule has 49 heavy (non-hydrogen) atoms. The number of ether oxygens (including phenoxy) is 1. The van der Waals surface area contributed by atoms with Crippen LogP contribution in [0.4, 0.5) is 26.3 Å². The number of hydrogen-bond donors (Lipinski definition) is 0. The van der Waals surface area contributed by atoms with Crippen LogP contribution in [0.5, 0.6) is 0 Å². The van der Waals surface area contributed by atoms with Gasteiger partial charge in [-0.3, -0.25) is 19.4 Å². The summed E-state index contributed by atoms with van der Waals surface area (Å²) in [5.41, 5.74) is -2.96. The van der Waals surface area contributed by atoms with Gasteiger partial charge in [-0.15, -0.1) is 0 Å². The van der Waals surface area contributed by atoms with Gasteiger partial charge in [0, 0.05) is 76.1 Å². The molecule has 0 N–H and O–H groups in total. The van der Waals surface area contributed by atoms with Crippen LogP contribution in [0.25, 0.3) is 0 Å². The lowest BCUT2D eigenvalue weighted by Crippen LogP contribution is -2.58. The van der Waals surface area contributed by atoms with E-state index in [-0.39, 0.29) is 36.5 Å². The Hall–Kier alpha value is -2.58. The zero-order valence-electron chi connectivity index (χ0n) is 26.7. The zero-order chi connectivity index (χ0) is 35.1. The van der Waals surface area contributed by atoms with Crippen LogP contribution in [-0.4, -0.2) is 109 Å². The molecule has 0 bridgehead atoms. The number of nitrogens with zero attached hydrogens (tertiary/aromatic N) is 4. The molecule has 4 saturated heterocycles. The topological polar surface area (TPSA) is 56.3 Å². The predicted molar refractivity (Wildman–Crippen MR) is 172 cm³/mol. The molecule has 6 rings (SSSR count). The van der Waals surface area contributed by atoms with Crippen molar-refractivity contribution in [1.29, 1.82) is 0 Å². The van der Waals surface area contributed by atoms with Crippen molar-refractivity contribution in [3.63, 3.8) is 0 Å². The average Bonchev–Trinajstić information content (AvgIpc) is 3.79. The zero-order valence-corrected chi connectivity index (χ0v) is 28.2. The van der Waals surface area contributed by atoms with E-state index < -0.39 is 41.0 Å². The minimum absolute atomic E-state index is 0.0292. The van der Waals surface area contributed by atoms with Gasteiger partial charge in [0.05, 0.1) is 33.7 Å². The second-order valence-corrected chi connectivity index (χ2v) is 14.3. The largest absolute Gasteiger partial charge is 0.416 e. The van der Waals surface area contributed by atoms with Gasteiger partial charge in [-0.2, -0.15) is 26.3 Å². The van der Waals surface area contributed by atoms with Crippen LogP contribution in [0.2, 0.25) is 10.0 Å². The first kappa shape index (κ1) is 36.2. The molecule has 0 unspecified atom stereocenters. The highest BCUT2D eigenvalue weighted by molar-refractivity contribution is 6.42. The molecule has 2 aromatic carbocycles. The minimum Gasteiger partial charge on any atom is -0.381 e. The van der Waals surface area contributed by atoms with Gasteiger partial charge in [0.2, 0.25) is 5.91 Å². The maximum Gasteiger partial charge on any atom is 0.416 e. The van der Waals surface area contributed by atoms with Gasteiger partial charge in [-0.1, -0.05) is 29.3 Å². The Bertz CT molecular complexity index is 1500. The minimum atomic E-state index is -5.07. The number of benzene rings is 2. The van der Waals surface area contributed by atoms with Gasteiger partial charge in [0.15, 0.2) is 0 Å². The number of likely N-dealkylation sites (tertiary alicyclic amines) is 2. The molecular weight excluding hydrogens is 697 g/mol. The first-order chi connectivity index (χ1) is 23.2. The van der Waals surface area contributed by atoms with Crippen LogP contribution < -0.4 is 0 Å². The molecule has 4 atom stereocenters. The van der Waals surface area contributed by atoms with Crippen LogP contribution in [-0.2, 0) is 28.3 Å². The van der Waals surface area contributed by atoms with Gasteiger partial charge >= 0.3 is 12.4 Å². The Morgan fingerprint density at radius 3 is 2.00 bits per heavy atom. The third kappa shape index (κ3) is 8.32. The van der Waals surface area contributed by atoms with Gasteiger partial charge in [-0.25, -0.2) is 0 Å². The summed E-state index contributed by atoms with van der Waals surface area (Å²) in [6.07, 6.45) is -7.16. The fourth-order valence-corrected chi connectivity index (χ4v) is 8.02. The standard InChI is InChI=1S/C34H38Cl2F6N4O3/c35-29-2-1-21(14-30(29)36)13-28-18-26(4-7-46(28)32(48)23-15-24(33(37,38)39)17-25(16-23)34(40,41)42)43-8-10-44(11-9-43)27-3-6-45(19-27)31(47)22-5-12-49-20-22/h1-2,14-17,22,26-28H,3-13,18-20H2/t22-,26+,27+,28-/m1/s1. The number of piperazine rings is 1. The summed E-state index contributed by atoms with van der Waals surface area (Å²) in [5.74, 6) is -0.757. The predicted octanol–water partition coefficient (Wildman–Crippen LogP) is 6.50. The normalized spacial score (nSPS) is 26.0. The average molecular weight is 736 g/mol. The van der Waals surface area contributed by atoms with Crippen LogP contribution in [0, 0.1) is 5.92 Å². The fraction of sp³-hybridized carbons (Fsp3) is 0.588. The third-order valence-corrected chi connectivity index (χ3v) is 11.1. The molecule has 0 saturated carbocycles. The van der Waals surface area contributed by atoms with E-state index in [1.165, 1.54) is 4.90 Å². The highest BCUT2D eigenvalue weighted by Gasteiger charge is 2.41. The maximum atomic E-state index is 13.8. The molecule has 15 heteroatoms. The van der Waals surface area contributed by atoms with Crippen LogP contribution in [0.1, 0.15) is 52.7 Å². The second-order valence-electron chi connectivity index (χ2n) is 13.4. The lowest BCUT2D eigenvalue weighted by atomic mass is 9.90. The Morgan fingerprint density at radius 2 is 1.41 bits per heavy atom. The van der Waals surface area contributed by atoms with Crippen molar-refractivity contribution in [1.82, 2.24) is 19.6 Å². The van der Waals surface area contributed by atoms with E-state index in [4.69, 9.17) is 27.9 Å². The van der Waals surface area contributed by atoms with Crippen LogP contribution in [0.15, 0.2) is 36.4 Å². The van der Waals surface area contributed by atoms with E-state index in [2.05, 4.69) is 9.80 Å². The number of piperidine rings is 1. The van der Waals surface area contributed by atoms with Gasteiger partial charge in [-0.05, 0) is 68.0 Å². The van der Waals surface area contributed by atoms with E-state index in [0.717, 1.165) is 51.1 Å². The summed E-state index contributed by atoms with van der Waals surface area (Å²) in [5, 5.41) is 0.640. The third-order valence-electron chi connectivity index (χ3n) is 10.4. The first-order valence-corrected chi connectivity index (χ1v) is 17.3. The molecule has 4 fully saturated rings. The first-order valence-electron chi connectivity index (χ1n) is 16.6. The van der Waals surface area contributed by atoms with Crippen molar-refractivity contribution in [2.24, 2.45) is 5.92 Å². The number of carbonyl (C=O) groups excluding carboxylic acids is 2. The molecule has 268 valence electrons. The van der Waals surface area contributed by atoms with Gasteiger partial charge in [0.25, 0.3) is 5.91 Å². The summed E-state index contributed by atoms with van der Waals surface area (Å²) in [4.78, 5) is 34.8. The van der Waals surface area contributed by atoms with Crippen molar-refractivity contribution in [2.45, 2.75) is 62.6 Å². The Balaban J connectivity index is 1.15. The smallest absolute Gasteiger partial charge is 0.381 e. The highest BCUT2D eigenvalue weighted by Crippen LogP contribution is 2.38. The van der Waals surface area contributed by atoms with E-state index in [1.54, 1.807) is 18.2 Å². The van der Waals surface area contributed by atoms with Crippen molar-refractivity contribution in [2.75, 3.05) is 59.0 Å². The molecule has 2 aromatic rings. The Morgan fingerprint density at radius 1 is 0.776 bits per heavy atom. The highest BCUT2D eigenvalue weighted by atomic mass is 35.5. The molecule has 0 aliphatic carbocycles. The monoisotopic (exact) mass is 734 g/mol. The summed E-state index contributed by atoms with van der Waals surface area (Å²) in [6, 6.07) is 5.88. The van der Waals surface area contributed by atoms with Crippen molar-refractivity contribution in [3.05, 3.63) is 68.7 Å². The van der Waals surface area contributed by atoms with Crippen LogP contribution in [0.3, 0.4) is 0 Å². The SMILES string of the molecule is O=C([C@@H]1CCOC1)N1CC[C@H](N2CCN([C@H]3CCN(C(=O)c4cc(C(F)(F)F)cc(C(F)(F)F)c4)[C@H](Cc4ccc(Cl)c(Cl)c4)C3)CC2)C1. The number of carbonyl (C=O) groups is 2.